The van der Waals surface area contributed by atoms with Crippen molar-refractivity contribution in [3.8, 4) is 0 Å². The molecule has 0 aliphatic carbocycles. The molecule has 1 aromatic carbocycles. The molecule has 0 aromatic heterocycles. The Morgan fingerprint density at radius 2 is 2.06 bits per heavy atom. The smallest absolute Gasteiger partial charge is 0.129 e. The third-order valence-corrected chi connectivity index (χ3v) is 2.62. The van der Waals surface area contributed by atoms with Crippen molar-refractivity contribution in [1.82, 2.24) is 5.32 Å². The lowest BCUT2D eigenvalue weighted by atomic mass is 9.97. The van der Waals surface area contributed by atoms with Gasteiger partial charge in [0, 0.05) is 5.56 Å². The Morgan fingerprint density at radius 3 is 2.62 bits per heavy atom. The third-order valence-electron chi connectivity index (χ3n) is 2.62. The van der Waals surface area contributed by atoms with E-state index in [0.29, 0.717) is 18.5 Å². The monoisotopic (exact) mass is 227 g/mol. The van der Waals surface area contributed by atoms with Gasteiger partial charge < -0.3 is 15.5 Å². The number of aryl methyl sites for hydroxylation is 1. The molecular weight excluding hydrogens is 209 g/mol. The van der Waals surface area contributed by atoms with Crippen molar-refractivity contribution < 1.29 is 14.6 Å². The van der Waals surface area contributed by atoms with E-state index in [9.17, 15) is 14.6 Å². The van der Waals surface area contributed by atoms with Crippen LogP contribution in [0.1, 0.15) is 23.7 Å². The van der Waals surface area contributed by atoms with Gasteiger partial charge in [0.15, 0.2) is 0 Å². The molecule has 90 valence electrons. The van der Waals surface area contributed by atoms with E-state index in [0.717, 1.165) is 0 Å². The highest BCUT2D eigenvalue weighted by molar-refractivity contribution is 5.30. The molecule has 0 saturated heterocycles. The van der Waals surface area contributed by atoms with Gasteiger partial charge in [0.2, 0.25) is 0 Å². The van der Waals surface area contributed by atoms with Crippen LogP contribution in [-0.4, -0.2) is 29.9 Å². The summed E-state index contributed by atoms with van der Waals surface area (Å²) in [5, 5.41) is 22.4. The van der Waals surface area contributed by atoms with Crippen LogP contribution in [0.2, 0.25) is 0 Å². The molecule has 0 saturated carbocycles. The van der Waals surface area contributed by atoms with Crippen LogP contribution in [0.3, 0.4) is 0 Å². The minimum Gasteiger partial charge on any atom is -0.390 e. The van der Waals surface area contributed by atoms with Gasteiger partial charge in [0.05, 0.1) is 6.10 Å². The van der Waals surface area contributed by atoms with E-state index < -0.39 is 18.0 Å². The second kappa shape index (κ2) is 5.94. The molecule has 0 aliphatic heterocycles. The highest BCUT2D eigenvalue weighted by Gasteiger charge is 2.22. The summed E-state index contributed by atoms with van der Waals surface area (Å²) in [6.07, 6.45) is -1.75. The molecule has 3 nitrogen and oxygen atoms in total. The Hall–Kier alpha value is -0.970. The molecule has 2 atom stereocenters. The highest BCUT2D eigenvalue weighted by Crippen LogP contribution is 2.24. The third kappa shape index (κ3) is 3.01. The fourth-order valence-electron chi connectivity index (χ4n) is 1.66. The van der Waals surface area contributed by atoms with Gasteiger partial charge in [-0.1, -0.05) is 12.1 Å². The maximum Gasteiger partial charge on any atom is 0.129 e. The summed E-state index contributed by atoms with van der Waals surface area (Å²) < 4.78 is 13.5. The van der Waals surface area contributed by atoms with Crippen molar-refractivity contribution in [3.05, 3.63) is 35.1 Å². The van der Waals surface area contributed by atoms with E-state index in [4.69, 9.17) is 0 Å². The van der Waals surface area contributed by atoms with Gasteiger partial charge in [-0.15, -0.1) is 0 Å². The number of benzene rings is 1. The first-order valence-corrected chi connectivity index (χ1v) is 5.33. The molecule has 0 amide bonds. The van der Waals surface area contributed by atoms with Crippen LogP contribution in [-0.2, 0) is 0 Å². The molecule has 0 spiro atoms. The van der Waals surface area contributed by atoms with E-state index in [1.165, 1.54) is 6.07 Å². The Bertz CT molecular complexity index is 324. The lowest BCUT2D eigenvalue weighted by molar-refractivity contribution is 0.0116. The molecule has 2 unspecified atom stereocenters. The Kier molecular flexibility index (Phi) is 4.86. The fourth-order valence-corrected chi connectivity index (χ4v) is 1.66. The van der Waals surface area contributed by atoms with Crippen molar-refractivity contribution in [2.45, 2.75) is 25.6 Å². The van der Waals surface area contributed by atoms with E-state index in [-0.39, 0.29) is 5.56 Å². The molecule has 0 heterocycles. The second-order valence-electron chi connectivity index (χ2n) is 3.87. The van der Waals surface area contributed by atoms with Gasteiger partial charge in [-0.25, -0.2) is 4.39 Å². The summed E-state index contributed by atoms with van der Waals surface area (Å²) in [6.45, 7) is 2.29. The predicted molar refractivity (Wildman–Crippen MR) is 60.6 cm³/mol. The summed E-state index contributed by atoms with van der Waals surface area (Å²) >= 11 is 0. The molecule has 0 fully saturated rings. The van der Waals surface area contributed by atoms with Crippen LogP contribution < -0.4 is 5.32 Å². The largest absolute Gasteiger partial charge is 0.390 e. The van der Waals surface area contributed by atoms with E-state index in [1.807, 2.05) is 0 Å². The topological polar surface area (TPSA) is 52.5 Å². The molecular formula is C12H18FNO2. The number of rotatable bonds is 5. The average Bonchev–Trinajstić information content (AvgIpc) is 2.25. The van der Waals surface area contributed by atoms with Gasteiger partial charge in [-0.05, 0) is 38.6 Å². The van der Waals surface area contributed by atoms with Gasteiger partial charge in [-0.3, -0.25) is 0 Å². The number of halogens is 1. The van der Waals surface area contributed by atoms with Crippen LogP contribution in [0.5, 0.6) is 0 Å². The zero-order valence-electron chi connectivity index (χ0n) is 9.57. The van der Waals surface area contributed by atoms with Crippen LogP contribution in [0.15, 0.2) is 18.2 Å². The van der Waals surface area contributed by atoms with Gasteiger partial charge in [0.25, 0.3) is 0 Å². The fraction of sp³-hybridized carbons (Fsp3) is 0.500. The summed E-state index contributed by atoms with van der Waals surface area (Å²) in [4.78, 5) is 0. The SMILES string of the molecule is CNCCC(O)C(O)c1c(C)cccc1F. The van der Waals surface area contributed by atoms with E-state index in [2.05, 4.69) is 5.32 Å². The van der Waals surface area contributed by atoms with Crippen molar-refractivity contribution >= 4 is 0 Å². The van der Waals surface area contributed by atoms with Crippen molar-refractivity contribution in [1.29, 1.82) is 0 Å². The summed E-state index contributed by atoms with van der Waals surface area (Å²) in [5.41, 5.74) is 0.835. The number of hydrogen-bond acceptors (Lipinski definition) is 3. The van der Waals surface area contributed by atoms with Crippen molar-refractivity contribution in [2.75, 3.05) is 13.6 Å². The summed E-state index contributed by atoms with van der Waals surface area (Å²) in [6, 6.07) is 4.59. The first kappa shape index (κ1) is 13.1. The number of aliphatic hydroxyl groups excluding tert-OH is 2. The van der Waals surface area contributed by atoms with Crippen molar-refractivity contribution in [2.24, 2.45) is 0 Å². The quantitative estimate of drug-likeness (QED) is 0.707. The van der Waals surface area contributed by atoms with E-state index in [1.54, 1.807) is 26.1 Å². The molecule has 16 heavy (non-hydrogen) atoms. The predicted octanol–water partition coefficient (Wildman–Crippen LogP) is 1.14. The Morgan fingerprint density at radius 1 is 1.38 bits per heavy atom. The van der Waals surface area contributed by atoms with Crippen molar-refractivity contribution in [3.63, 3.8) is 0 Å². The summed E-state index contributed by atoms with van der Waals surface area (Å²) in [5.74, 6) is -0.476. The molecule has 0 radical (unpaired) electrons. The average molecular weight is 227 g/mol. The van der Waals surface area contributed by atoms with E-state index >= 15 is 0 Å². The molecule has 1 rings (SSSR count). The standard InChI is InChI=1S/C12H18FNO2/c1-8-4-3-5-9(13)11(8)12(16)10(15)6-7-14-2/h3-5,10,12,14-16H,6-7H2,1-2H3. The molecule has 0 aliphatic rings. The minimum absolute atomic E-state index is 0.186. The van der Waals surface area contributed by atoms with Crippen LogP contribution in [0, 0.1) is 12.7 Å². The zero-order valence-corrected chi connectivity index (χ0v) is 9.57. The second-order valence-corrected chi connectivity index (χ2v) is 3.87. The van der Waals surface area contributed by atoms with Crippen LogP contribution >= 0.6 is 0 Å². The lowest BCUT2D eigenvalue weighted by Crippen LogP contribution is -2.24. The first-order chi connectivity index (χ1) is 7.57. The normalized spacial score (nSPS) is 14.8. The lowest BCUT2D eigenvalue weighted by Gasteiger charge is -2.20. The van der Waals surface area contributed by atoms with Gasteiger partial charge in [-0.2, -0.15) is 0 Å². The maximum absolute atomic E-state index is 13.5. The van der Waals surface area contributed by atoms with Crippen LogP contribution in [0.25, 0.3) is 0 Å². The number of nitrogens with one attached hydrogen (secondary N) is 1. The molecule has 4 heteroatoms. The number of hydrogen-bond donors (Lipinski definition) is 3. The molecule has 0 bridgehead atoms. The van der Waals surface area contributed by atoms with Crippen LogP contribution in [0.4, 0.5) is 4.39 Å². The summed E-state index contributed by atoms with van der Waals surface area (Å²) in [7, 11) is 1.76. The minimum atomic E-state index is -1.17. The van der Waals surface area contributed by atoms with Gasteiger partial charge in [0.1, 0.15) is 11.9 Å². The Labute approximate surface area is 94.9 Å². The highest BCUT2D eigenvalue weighted by atomic mass is 19.1. The Balaban J connectivity index is 2.82. The first-order valence-electron chi connectivity index (χ1n) is 5.33. The zero-order chi connectivity index (χ0) is 12.1. The van der Waals surface area contributed by atoms with Gasteiger partial charge >= 0.3 is 0 Å². The molecule has 1 aromatic rings. The maximum atomic E-state index is 13.5. The molecule has 3 N–H and O–H groups in total. The number of aliphatic hydroxyl groups is 2.